The zero-order valence-electron chi connectivity index (χ0n) is 17.5. The number of hydrogen-bond donors (Lipinski definition) is 1. The number of carbonyl (C=O) groups excluding carboxylic acids is 1. The average molecular weight is 457 g/mol. The summed E-state index contributed by atoms with van der Waals surface area (Å²) in [6, 6.07) is 7.62. The first-order valence-corrected chi connectivity index (χ1v) is 10.3. The number of benzene rings is 2. The number of alkyl halides is 3. The minimum Gasteiger partial charge on any atom is -0.383 e. The van der Waals surface area contributed by atoms with Crippen molar-refractivity contribution in [2.75, 3.05) is 18.8 Å². The third-order valence-corrected chi connectivity index (χ3v) is 6.21. The number of anilines is 1. The van der Waals surface area contributed by atoms with E-state index in [1.54, 1.807) is 17.9 Å². The molecule has 0 aliphatic carbocycles. The highest BCUT2D eigenvalue weighted by molar-refractivity contribution is 6.10. The first-order chi connectivity index (χ1) is 15.6. The molecule has 0 radical (unpaired) electrons. The van der Waals surface area contributed by atoms with E-state index in [1.165, 1.54) is 29.2 Å². The Morgan fingerprint density at radius 2 is 1.88 bits per heavy atom. The van der Waals surface area contributed by atoms with Crippen LogP contribution < -0.4 is 5.73 Å². The lowest BCUT2D eigenvalue weighted by atomic mass is 9.97. The summed E-state index contributed by atoms with van der Waals surface area (Å²) >= 11 is 0. The number of hydrogen-bond acceptors (Lipinski definition) is 4. The number of fused-ring (bicyclic) bond motifs is 3. The molecule has 0 saturated carbocycles. The standard InChI is InChI=1S/C23H19F4N5O/c1-31-20-16-8-15(18(24)9-19(16)30-21(28)17(20)10-29-31)22(33)32-7-6-13(11-32)12-2-4-14(5-3-12)23(25,26)27/h2-5,8-10,13H,6-7,11H2,1H3,(H2,28,30)/t13-/m0/s1. The highest BCUT2D eigenvalue weighted by Crippen LogP contribution is 2.34. The van der Waals surface area contributed by atoms with Gasteiger partial charge in [-0.25, -0.2) is 9.37 Å². The average Bonchev–Trinajstić information content (AvgIpc) is 3.41. The molecule has 5 rings (SSSR count). The van der Waals surface area contributed by atoms with Crippen molar-refractivity contribution in [3.8, 4) is 0 Å². The van der Waals surface area contributed by atoms with Crippen LogP contribution in [0.5, 0.6) is 0 Å². The van der Waals surface area contributed by atoms with Crippen molar-refractivity contribution in [1.82, 2.24) is 19.7 Å². The Hall–Kier alpha value is -3.69. The second-order valence-corrected chi connectivity index (χ2v) is 8.23. The second-order valence-electron chi connectivity index (χ2n) is 8.23. The lowest BCUT2D eigenvalue weighted by Crippen LogP contribution is -2.29. The van der Waals surface area contributed by atoms with Crippen molar-refractivity contribution in [2.45, 2.75) is 18.5 Å². The lowest BCUT2D eigenvalue weighted by Gasteiger charge is -2.18. The Morgan fingerprint density at radius 1 is 1.15 bits per heavy atom. The number of carbonyl (C=O) groups is 1. The van der Waals surface area contributed by atoms with Crippen molar-refractivity contribution in [2.24, 2.45) is 7.05 Å². The van der Waals surface area contributed by atoms with E-state index in [4.69, 9.17) is 5.73 Å². The largest absolute Gasteiger partial charge is 0.416 e. The van der Waals surface area contributed by atoms with E-state index in [0.29, 0.717) is 46.9 Å². The number of aryl methyl sites for hydroxylation is 1. The molecule has 1 amide bonds. The monoisotopic (exact) mass is 457 g/mol. The molecule has 33 heavy (non-hydrogen) atoms. The fourth-order valence-electron chi connectivity index (χ4n) is 4.47. The van der Waals surface area contributed by atoms with Crippen LogP contribution in [0.15, 0.2) is 42.6 Å². The number of amides is 1. The highest BCUT2D eigenvalue weighted by Gasteiger charge is 2.32. The molecule has 2 N–H and O–H groups in total. The maximum atomic E-state index is 14.9. The van der Waals surface area contributed by atoms with Crippen LogP contribution in [0, 0.1) is 5.82 Å². The third-order valence-electron chi connectivity index (χ3n) is 6.21. The molecule has 1 atom stereocenters. The predicted octanol–water partition coefficient (Wildman–Crippen LogP) is 4.49. The molecule has 0 spiro atoms. The highest BCUT2D eigenvalue weighted by atomic mass is 19.4. The molecule has 170 valence electrons. The van der Waals surface area contributed by atoms with Gasteiger partial charge in [0.15, 0.2) is 0 Å². The Kier molecular flexibility index (Phi) is 4.77. The molecule has 4 aromatic rings. The van der Waals surface area contributed by atoms with Crippen LogP contribution in [0.2, 0.25) is 0 Å². The summed E-state index contributed by atoms with van der Waals surface area (Å²) in [6.07, 6.45) is -2.25. The van der Waals surface area contributed by atoms with Crippen LogP contribution in [0.25, 0.3) is 21.8 Å². The molecule has 6 nitrogen and oxygen atoms in total. The third kappa shape index (κ3) is 3.55. The van der Waals surface area contributed by atoms with Crippen LogP contribution in [-0.4, -0.2) is 38.7 Å². The van der Waals surface area contributed by atoms with E-state index in [9.17, 15) is 22.4 Å². The molecule has 0 bridgehead atoms. The van der Waals surface area contributed by atoms with Crippen molar-refractivity contribution in [1.29, 1.82) is 0 Å². The molecule has 1 fully saturated rings. The molecule has 3 heterocycles. The smallest absolute Gasteiger partial charge is 0.383 e. The van der Waals surface area contributed by atoms with Crippen LogP contribution in [0.1, 0.15) is 33.8 Å². The number of nitrogens with zero attached hydrogens (tertiary/aromatic N) is 4. The first kappa shape index (κ1) is 21.2. The Labute approximate surface area is 185 Å². The van der Waals surface area contributed by atoms with Crippen LogP contribution in [-0.2, 0) is 13.2 Å². The number of nitrogens with two attached hydrogens (primary N) is 1. The van der Waals surface area contributed by atoms with Gasteiger partial charge in [0, 0.05) is 37.5 Å². The number of halogens is 4. The first-order valence-electron chi connectivity index (χ1n) is 10.3. The van der Waals surface area contributed by atoms with E-state index in [-0.39, 0.29) is 17.3 Å². The number of nitrogen functional groups attached to an aromatic ring is 1. The van der Waals surface area contributed by atoms with Crippen LogP contribution in [0.3, 0.4) is 0 Å². The van der Waals surface area contributed by atoms with Gasteiger partial charge in [0.2, 0.25) is 0 Å². The van der Waals surface area contributed by atoms with Gasteiger partial charge in [-0.2, -0.15) is 18.3 Å². The van der Waals surface area contributed by atoms with Crippen LogP contribution >= 0.6 is 0 Å². The van der Waals surface area contributed by atoms with Crippen molar-refractivity contribution < 1.29 is 22.4 Å². The molecule has 0 unspecified atom stereocenters. The van der Waals surface area contributed by atoms with Gasteiger partial charge < -0.3 is 10.6 Å². The molecule has 10 heteroatoms. The maximum Gasteiger partial charge on any atom is 0.416 e. The summed E-state index contributed by atoms with van der Waals surface area (Å²) < 4.78 is 55.0. The Bertz CT molecular complexity index is 1390. The predicted molar refractivity (Wildman–Crippen MR) is 115 cm³/mol. The van der Waals surface area contributed by atoms with Gasteiger partial charge >= 0.3 is 6.18 Å². The molecule has 1 aliphatic heterocycles. The van der Waals surface area contributed by atoms with Gasteiger partial charge in [-0.05, 0) is 30.2 Å². The molecular formula is C23H19F4N5O. The summed E-state index contributed by atoms with van der Waals surface area (Å²) in [5, 5.41) is 5.35. The summed E-state index contributed by atoms with van der Waals surface area (Å²) in [4.78, 5) is 18.9. The summed E-state index contributed by atoms with van der Waals surface area (Å²) in [7, 11) is 1.72. The van der Waals surface area contributed by atoms with Crippen molar-refractivity contribution >= 4 is 33.5 Å². The number of aromatic nitrogens is 3. The molecular weight excluding hydrogens is 438 g/mol. The van der Waals surface area contributed by atoms with Gasteiger partial charge in [0.1, 0.15) is 11.6 Å². The Morgan fingerprint density at radius 3 is 2.58 bits per heavy atom. The number of rotatable bonds is 2. The van der Waals surface area contributed by atoms with E-state index in [2.05, 4.69) is 10.1 Å². The molecule has 1 saturated heterocycles. The Balaban J connectivity index is 1.44. The zero-order chi connectivity index (χ0) is 23.5. The normalized spacial score (nSPS) is 16.8. The minimum absolute atomic E-state index is 0.0929. The zero-order valence-corrected chi connectivity index (χ0v) is 17.5. The quantitative estimate of drug-likeness (QED) is 0.450. The number of pyridine rings is 1. The number of likely N-dealkylation sites (tertiary alicyclic amines) is 1. The van der Waals surface area contributed by atoms with Gasteiger partial charge in [0.25, 0.3) is 5.91 Å². The van der Waals surface area contributed by atoms with Gasteiger partial charge in [-0.1, -0.05) is 12.1 Å². The fourth-order valence-corrected chi connectivity index (χ4v) is 4.47. The van der Waals surface area contributed by atoms with E-state index in [0.717, 1.165) is 12.1 Å². The molecule has 2 aromatic heterocycles. The summed E-state index contributed by atoms with van der Waals surface area (Å²) in [5.74, 6) is -1.08. The SMILES string of the molecule is Cn1ncc2c(N)nc3cc(F)c(C(=O)N4CC[C@H](c5ccc(C(F)(F)F)cc5)C4)cc3c21. The topological polar surface area (TPSA) is 77.0 Å². The second kappa shape index (κ2) is 7.43. The van der Waals surface area contributed by atoms with Crippen molar-refractivity contribution in [3.05, 3.63) is 65.1 Å². The van der Waals surface area contributed by atoms with Gasteiger partial charge in [-0.15, -0.1) is 0 Å². The van der Waals surface area contributed by atoms with Crippen molar-refractivity contribution in [3.63, 3.8) is 0 Å². The molecule has 2 aromatic carbocycles. The van der Waals surface area contributed by atoms with Gasteiger partial charge in [0.05, 0.1) is 33.7 Å². The summed E-state index contributed by atoms with van der Waals surface area (Å²) in [6.45, 7) is 0.673. The fraction of sp³-hybridized carbons (Fsp3) is 0.261. The maximum absolute atomic E-state index is 14.9. The van der Waals surface area contributed by atoms with Crippen LogP contribution in [0.4, 0.5) is 23.4 Å². The van der Waals surface area contributed by atoms with E-state index < -0.39 is 23.5 Å². The summed E-state index contributed by atoms with van der Waals surface area (Å²) in [5.41, 5.74) is 6.84. The van der Waals surface area contributed by atoms with Gasteiger partial charge in [-0.3, -0.25) is 9.48 Å². The molecule has 1 aliphatic rings. The minimum atomic E-state index is -4.40. The van der Waals surface area contributed by atoms with E-state index >= 15 is 0 Å². The lowest BCUT2D eigenvalue weighted by molar-refractivity contribution is -0.137. The van der Waals surface area contributed by atoms with E-state index in [1.807, 2.05) is 0 Å².